The molecule has 0 atom stereocenters. The van der Waals surface area contributed by atoms with Crippen molar-refractivity contribution in [3.8, 4) is 5.82 Å². The molecule has 2 heterocycles. The maximum Gasteiger partial charge on any atom is 0.139 e. The monoisotopic (exact) mass is 200 g/mol. The molecule has 0 aliphatic rings. The maximum absolute atomic E-state index is 4.33. The van der Waals surface area contributed by atoms with E-state index < -0.39 is 0 Å². The van der Waals surface area contributed by atoms with Gasteiger partial charge in [0.25, 0.3) is 0 Å². The van der Waals surface area contributed by atoms with Crippen molar-refractivity contribution in [3.63, 3.8) is 0 Å². The first-order valence-corrected chi connectivity index (χ1v) is 4.70. The van der Waals surface area contributed by atoms with Crippen molar-refractivity contribution in [1.82, 2.24) is 19.7 Å². The summed E-state index contributed by atoms with van der Waals surface area (Å²) < 4.78 is 1.91. The van der Waals surface area contributed by atoms with E-state index in [9.17, 15) is 0 Å². The molecule has 15 heavy (non-hydrogen) atoms. The normalized spacial score (nSPS) is 10.3. The summed E-state index contributed by atoms with van der Waals surface area (Å²) in [6.07, 6.45) is 3.55. The molecule has 0 unspecified atom stereocenters. The zero-order valence-electron chi connectivity index (χ0n) is 8.81. The van der Waals surface area contributed by atoms with Crippen LogP contribution in [0.1, 0.15) is 17.2 Å². The summed E-state index contributed by atoms with van der Waals surface area (Å²) in [7, 11) is 0. The number of nitrogens with zero attached hydrogens (tertiary/aromatic N) is 4. The van der Waals surface area contributed by atoms with E-state index in [-0.39, 0.29) is 0 Å². The van der Waals surface area contributed by atoms with E-state index in [1.165, 1.54) is 0 Å². The zero-order valence-corrected chi connectivity index (χ0v) is 8.81. The van der Waals surface area contributed by atoms with E-state index in [1.807, 2.05) is 30.5 Å². The number of hydrogen-bond acceptors (Lipinski definition) is 3. The van der Waals surface area contributed by atoms with E-state index in [4.69, 9.17) is 0 Å². The molecule has 76 valence electrons. The predicted octanol–water partition coefficient (Wildman–Crippen LogP) is 1.92. The first kappa shape index (κ1) is 9.58. The number of aryl methyl sites for hydroxylation is 2. The van der Waals surface area contributed by atoms with E-state index >= 15 is 0 Å². The van der Waals surface area contributed by atoms with Gasteiger partial charge < -0.3 is 0 Å². The largest absolute Gasteiger partial charge is 0.267 e. The summed E-state index contributed by atoms with van der Waals surface area (Å²) in [5, 5.41) is 7.98. The Balaban J connectivity index is 2.50. The molecule has 4 nitrogen and oxygen atoms in total. The highest BCUT2D eigenvalue weighted by Crippen LogP contribution is 2.10. The Morgan fingerprint density at radius 3 is 2.33 bits per heavy atom. The van der Waals surface area contributed by atoms with Crippen molar-refractivity contribution in [2.45, 2.75) is 13.8 Å². The fourth-order valence-corrected chi connectivity index (χ4v) is 1.45. The average Bonchev–Trinajstić information content (AvgIpc) is 2.59. The highest BCUT2D eigenvalue weighted by Gasteiger charge is 2.06. The fraction of sp³-hybridized carbons (Fsp3) is 0.182. The molecule has 0 spiro atoms. The number of hydrogen-bond donors (Lipinski definition) is 0. The predicted molar refractivity (Wildman–Crippen MR) is 58.7 cm³/mol. The lowest BCUT2D eigenvalue weighted by molar-refractivity contribution is 0.899. The van der Waals surface area contributed by atoms with Crippen LogP contribution in [0.15, 0.2) is 24.9 Å². The number of rotatable bonds is 2. The smallest absolute Gasteiger partial charge is 0.139 e. The first-order valence-electron chi connectivity index (χ1n) is 4.70. The third kappa shape index (κ3) is 1.66. The second kappa shape index (κ2) is 3.65. The Labute approximate surface area is 88.3 Å². The molecule has 0 fully saturated rings. The van der Waals surface area contributed by atoms with Gasteiger partial charge in [0.1, 0.15) is 17.5 Å². The number of aromatic nitrogens is 4. The number of pyridine rings is 1. The first-order chi connectivity index (χ1) is 7.22. The van der Waals surface area contributed by atoms with Gasteiger partial charge in [0.2, 0.25) is 0 Å². The van der Waals surface area contributed by atoms with Gasteiger partial charge in [-0.2, -0.15) is 0 Å². The molecular weight excluding hydrogens is 188 g/mol. The minimum atomic E-state index is 0.834. The Morgan fingerprint density at radius 2 is 1.87 bits per heavy atom. The molecule has 0 aliphatic carbocycles. The Kier molecular flexibility index (Phi) is 2.33. The van der Waals surface area contributed by atoms with Crippen molar-refractivity contribution >= 4 is 6.08 Å². The summed E-state index contributed by atoms with van der Waals surface area (Å²) >= 11 is 0. The second-order valence-electron chi connectivity index (χ2n) is 3.28. The minimum absolute atomic E-state index is 0.834. The van der Waals surface area contributed by atoms with Gasteiger partial charge in [0, 0.05) is 6.20 Å². The molecule has 2 aromatic heterocycles. The van der Waals surface area contributed by atoms with Gasteiger partial charge in [-0.3, -0.25) is 4.57 Å². The van der Waals surface area contributed by atoms with Crippen molar-refractivity contribution in [1.29, 1.82) is 0 Å². The molecule has 4 heteroatoms. The van der Waals surface area contributed by atoms with E-state index in [1.54, 1.807) is 12.3 Å². The van der Waals surface area contributed by atoms with Crippen LogP contribution in [-0.2, 0) is 0 Å². The van der Waals surface area contributed by atoms with E-state index in [0.29, 0.717) is 0 Å². The third-order valence-electron chi connectivity index (χ3n) is 2.22. The molecule has 0 aliphatic heterocycles. The molecule has 0 aromatic carbocycles. The Bertz CT molecular complexity index is 462. The van der Waals surface area contributed by atoms with Gasteiger partial charge in [-0.05, 0) is 31.5 Å². The molecule has 0 N–H and O–H groups in total. The molecule has 2 rings (SSSR count). The highest BCUT2D eigenvalue weighted by atomic mass is 15.3. The summed E-state index contributed by atoms with van der Waals surface area (Å²) in [6, 6.07) is 3.90. The van der Waals surface area contributed by atoms with Gasteiger partial charge in [0.05, 0.1) is 0 Å². The van der Waals surface area contributed by atoms with Gasteiger partial charge in [-0.15, -0.1) is 10.2 Å². The van der Waals surface area contributed by atoms with Gasteiger partial charge in [-0.1, -0.05) is 12.7 Å². The quantitative estimate of drug-likeness (QED) is 0.743. The van der Waals surface area contributed by atoms with E-state index in [2.05, 4.69) is 21.8 Å². The van der Waals surface area contributed by atoms with Crippen LogP contribution < -0.4 is 0 Å². The van der Waals surface area contributed by atoms with Crippen LogP contribution in [-0.4, -0.2) is 19.7 Å². The lowest BCUT2D eigenvalue weighted by Gasteiger charge is -2.04. The van der Waals surface area contributed by atoms with Gasteiger partial charge in [0.15, 0.2) is 0 Å². The van der Waals surface area contributed by atoms with Crippen LogP contribution >= 0.6 is 0 Å². The summed E-state index contributed by atoms with van der Waals surface area (Å²) in [4.78, 5) is 4.33. The highest BCUT2D eigenvalue weighted by molar-refractivity contribution is 5.46. The van der Waals surface area contributed by atoms with E-state index in [0.717, 1.165) is 23.0 Å². The van der Waals surface area contributed by atoms with Crippen LogP contribution in [0.3, 0.4) is 0 Å². The Hall–Kier alpha value is -1.97. The van der Waals surface area contributed by atoms with Crippen LogP contribution in [0.25, 0.3) is 11.9 Å². The van der Waals surface area contributed by atoms with Gasteiger partial charge >= 0.3 is 0 Å². The standard InChI is InChI=1S/C11H12N4/c1-4-10-5-6-11(12-7-10)15-8(2)13-14-9(15)3/h4-7H,1H2,2-3H3. The lowest BCUT2D eigenvalue weighted by atomic mass is 10.3. The second-order valence-corrected chi connectivity index (χ2v) is 3.28. The van der Waals surface area contributed by atoms with Crippen LogP contribution in [0.5, 0.6) is 0 Å². The van der Waals surface area contributed by atoms with Crippen LogP contribution in [0, 0.1) is 13.8 Å². The topological polar surface area (TPSA) is 43.6 Å². The molecule has 0 saturated heterocycles. The molecular formula is C11H12N4. The van der Waals surface area contributed by atoms with Crippen molar-refractivity contribution in [2.24, 2.45) is 0 Å². The molecule has 0 bridgehead atoms. The molecule has 0 saturated carbocycles. The minimum Gasteiger partial charge on any atom is -0.267 e. The molecule has 0 radical (unpaired) electrons. The van der Waals surface area contributed by atoms with Crippen molar-refractivity contribution < 1.29 is 0 Å². The molecule has 0 amide bonds. The van der Waals surface area contributed by atoms with Crippen molar-refractivity contribution in [3.05, 3.63) is 42.1 Å². The third-order valence-corrected chi connectivity index (χ3v) is 2.22. The Morgan fingerprint density at radius 1 is 1.20 bits per heavy atom. The summed E-state index contributed by atoms with van der Waals surface area (Å²) in [5.41, 5.74) is 1.00. The zero-order chi connectivity index (χ0) is 10.8. The van der Waals surface area contributed by atoms with Crippen LogP contribution in [0.4, 0.5) is 0 Å². The van der Waals surface area contributed by atoms with Crippen LogP contribution in [0.2, 0.25) is 0 Å². The van der Waals surface area contributed by atoms with Crippen molar-refractivity contribution in [2.75, 3.05) is 0 Å². The summed E-state index contributed by atoms with van der Waals surface area (Å²) in [6.45, 7) is 7.50. The lowest BCUT2D eigenvalue weighted by Crippen LogP contribution is -2.01. The summed E-state index contributed by atoms with van der Waals surface area (Å²) in [5.74, 6) is 2.51. The molecule has 2 aromatic rings. The average molecular weight is 200 g/mol. The maximum atomic E-state index is 4.33. The SMILES string of the molecule is C=Cc1ccc(-n2c(C)nnc2C)nc1. The fourth-order valence-electron chi connectivity index (χ4n) is 1.45. The van der Waals surface area contributed by atoms with Gasteiger partial charge in [-0.25, -0.2) is 4.98 Å².